The van der Waals surface area contributed by atoms with Crippen LogP contribution in [-0.4, -0.2) is 9.78 Å². The van der Waals surface area contributed by atoms with Gasteiger partial charge in [0.2, 0.25) is 0 Å². The molecule has 0 unspecified atom stereocenters. The Hall–Kier alpha value is -1.74. The van der Waals surface area contributed by atoms with Gasteiger partial charge in [0.15, 0.2) is 5.69 Å². The third-order valence-electron chi connectivity index (χ3n) is 1.09. The molecule has 0 aliphatic rings. The molecular formula is C7H5N3. The fourth-order valence-corrected chi connectivity index (χ4v) is 0.677. The molecule has 0 spiro atoms. The molecule has 0 fully saturated rings. The molecule has 10 heavy (non-hydrogen) atoms. The highest BCUT2D eigenvalue weighted by Crippen LogP contribution is 2.00. The highest BCUT2D eigenvalue weighted by molar-refractivity contribution is 5.40. The van der Waals surface area contributed by atoms with E-state index in [2.05, 4.69) is 11.0 Å². The minimum Gasteiger partial charge on any atom is -0.273 e. The molecule has 1 aromatic heterocycles. The van der Waals surface area contributed by atoms with Gasteiger partial charge in [-0.2, -0.15) is 10.4 Å². The first-order valence-electron chi connectivity index (χ1n) is 2.68. The van der Waals surface area contributed by atoms with Crippen molar-refractivity contribution in [3.63, 3.8) is 0 Å². The maximum Gasteiger partial charge on any atom is 0.178 e. The lowest BCUT2D eigenvalue weighted by molar-refractivity contribution is 0.763. The summed E-state index contributed by atoms with van der Waals surface area (Å²) in [7, 11) is 1.72. The van der Waals surface area contributed by atoms with Crippen molar-refractivity contribution in [3.05, 3.63) is 17.5 Å². The average Bonchev–Trinajstić information content (AvgIpc) is 2.30. The van der Waals surface area contributed by atoms with Crippen LogP contribution in [0.2, 0.25) is 0 Å². The average molecular weight is 131 g/mol. The molecule has 0 atom stereocenters. The third kappa shape index (κ3) is 0.852. The highest BCUT2D eigenvalue weighted by Gasteiger charge is 2.01. The third-order valence-corrected chi connectivity index (χ3v) is 1.09. The van der Waals surface area contributed by atoms with E-state index >= 15 is 0 Å². The molecule has 48 valence electrons. The van der Waals surface area contributed by atoms with Crippen molar-refractivity contribution in [3.8, 4) is 18.4 Å². The first-order valence-corrected chi connectivity index (χ1v) is 2.68. The van der Waals surface area contributed by atoms with Crippen molar-refractivity contribution in [1.29, 1.82) is 5.26 Å². The molecule has 0 bridgehead atoms. The predicted molar refractivity (Wildman–Crippen MR) is 35.9 cm³/mol. The molecule has 3 nitrogen and oxygen atoms in total. The summed E-state index contributed by atoms with van der Waals surface area (Å²) >= 11 is 0. The molecule has 1 aromatic rings. The molecule has 0 saturated heterocycles. The Bertz CT molecular complexity index is 290. The molecule has 0 aliphatic heterocycles. The van der Waals surface area contributed by atoms with Crippen LogP contribution < -0.4 is 0 Å². The second-order valence-electron chi connectivity index (χ2n) is 1.82. The Labute approximate surface area is 58.9 Å². The Morgan fingerprint density at radius 3 is 2.90 bits per heavy atom. The van der Waals surface area contributed by atoms with E-state index in [0.29, 0.717) is 11.3 Å². The normalized spacial score (nSPS) is 8.30. The summed E-state index contributed by atoms with van der Waals surface area (Å²) in [5.41, 5.74) is 0.856. The first-order chi connectivity index (χ1) is 4.77. The van der Waals surface area contributed by atoms with Crippen LogP contribution in [0.5, 0.6) is 0 Å². The molecule has 0 aromatic carbocycles. The van der Waals surface area contributed by atoms with Gasteiger partial charge in [0.1, 0.15) is 6.07 Å². The Kier molecular flexibility index (Phi) is 1.43. The molecule has 0 saturated carbocycles. The van der Waals surface area contributed by atoms with Crippen molar-refractivity contribution >= 4 is 0 Å². The van der Waals surface area contributed by atoms with Gasteiger partial charge in [-0.05, 0) is 0 Å². The Morgan fingerprint density at radius 2 is 2.50 bits per heavy atom. The molecule has 0 aliphatic carbocycles. The van der Waals surface area contributed by atoms with Crippen LogP contribution in [-0.2, 0) is 7.05 Å². The van der Waals surface area contributed by atoms with E-state index in [-0.39, 0.29) is 0 Å². The van der Waals surface area contributed by atoms with Crippen LogP contribution in [0.4, 0.5) is 0 Å². The monoisotopic (exact) mass is 131 g/mol. The molecule has 0 amide bonds. The van der Waals surface area contributed by atoms with E-state index in [1.165, 1.54) is 4.68 Å². The lowest BCUT2D eigenvalue weighted by atomic mass is 10.3. The van der Waals surface area contributed by atoms with Crippen molar-refractivity contribution in [2.75, 3.05) is 0 Å². The van der Waals surface area contributed by atoms with Crippen LogP contribution in [0.3, 0.4) is 0 Å². The number of aryl methyl sites for hydroxylation is 1. The highest BCUT2D eigenvalue weighted by atomic mass is 15.2. The van der Waals surface area contributed by atoms with Gasteiger partial charge in [0, 0.05) is 13.2 Å². The maximum atomic E-state index is 8.44. The van der Waals surface area contributed by atoms with Gasteiger partial charge in [0.25, 0.3) is 0 Å². The van der Waals surface area contributed by atoms with Crippen LogP contribution >= 0.6 is 0 Å². The van der Waals surface area contributed by atoms with E-state index in [0.717, 1.165) is 0 Å². The summed E-state index contributed by atoms with van der Waals surface area (Å²) in [6.45, 7) is 0. The number of hydrogen-bond donors (Lipinski definition) is 0. The minimum atomic E-state index is 0.310. The largest absolute Gasteiger partial charge is 0.273 e. The van der Waals surface area contributed by atoms with Gasteiger partial charge in [0.05, 0.1) is 5.56 Å². The van der Waals surface area contributed by atoms with Crippen molar-refractivity contribution in [2.45, 2.75) is 0 Å². The van der Waals surface area contributed by atoms with Crippen LogP contribution in [0.1, 0.15) is 11.3 Å². The molecule has 1 rings (SSSR count). The van der Waals surface area contributed by atoms with Crippen LogP contribution in [0.25, 0.3) is 0 Å². The molecule has 3 heteroatoms. The molecule has 0 radical (unpaired) electrons. The van der Waals surface area contributed by atoms with Gasteiger partial charge in [-0.15, -0.1) is 6.42 Å². The smallest absolute Gasteiger partial charge is 0.178 e. The Balaban J connectivity index is 3.28. The number of nitriles is 1. The summed E-state index contributed by atoms with van der Waals surface area (Å²) in [6, 6.07) is 1.89. The summed E-state index contributed by atoms with van der Waals surface area (Å²) < 4.78 is 1.52. The number of terminal acetylenes is 1. The predicted octanol–water partition coefficient (Wildman–Crippen LogP) is 0.273. The summed E-state index contributed by atoms with van der Waals surface area (Å²) in [4.78, 5) is 0. The zero-order valence-electron chi connectivity index (χ0n) is 5.50. The van der Waals surface area contributed by atoms with Gasteiger partial charge in [-0.3, -0.25) is 4.68 Å². The summed E-state index contributed by atoms with van der Waals surface area (Å²) in [5.74, 6) is 2.36. The molecule has 1 heterocycles. The van der Waals surface area contributed by atoms with Crippen molar-refractivity contribution in [1.82, 2.24) is 9.78 Å². The van der Waals surface area contributed by atoms with E-state index in [9.17, 15) is 0 Å². The van der Waals surface area contributed by atoms with Crippen LogP contribution in [0, 0.1) is 23.7 Å². The second kappa shape index (κ2) is 2.24. The molecule has 0 N–H and O–H groups in total. The number of nitrogens with zero attached hydrogens (tertiary/aromatic N) is 3. The SMILES string of the molecule is C#Cc1cn(C)nc1C#N. The summed E-state index contributed by atoms with van der Waals surface area (Å²) in [6.07, 6.45) is 6.72. The lowest BCUT2D eigenvalue weighted by Gasteiger charge is -1.78. The topological polar surface area (TPSA) is 41.6 Å². The van der Waals surface area contributed by atoms with Gasteiger partial charge in [-0.25, -0.2) is 0 Å². The molecular weight excluding hydrogens is 126 g/mol. The minimum absolute atomic E-state index is 0.310. The standard InChI is InChI=1S/C7H5N3/c1-3-6-5-10(2)9-7(6)4-8/h1,5H,2H3. The zero-order valence-corrected chi connectivity index (χ0v) is 5.50. The quantitative estimate of drug-likeness (QED) is 0.474. The van der Waals surface area contributed by atoms with Crippen molar-refractivity contribution in [2.24, 2.45) is 7.05 Å². The fourth-order valence-electron chi connectivity index (χ4n) is 0.677. The maximum absolute atomic E-state index is 8.44. The number of hydrogen-bond acceptors (Lipinski definition) is 2. The van der Waals surface area contributed by atoms with Crippen molar-refractivity contribution < 1.29 is 0 Å². The van der Waals surface area contributed by atoms with Gasteiger partial charge >= 0.3 is 0 Å². The first kappa shape index (κ1) is 6.38. The Morgan fingerprint density at radius 1 is 1.80 bits per heavy atom. The van der Waals surface area contributed by atoms with E-state index < -0.39 is 0 Å². The van der Waals surface area contributed by atoms with Gasteiger partial charge in [-0.1, -0.05) is 5.92 Å². The van der Waals surface area contributed by atoms with E-state index in [1.54, 1.807) is 13.2 Å². The van der Waals surface area contributed by atoms with E-state index in [4.69, 9.17) is 11.7 Å². The van der Waals surface area contributed by atoms with Gasteiger partial charge < -0.3 is 0 Å². The van der Waals surface area contributed by atoms with E-state index in [1.807, 2.05) is 6.07 Å². The summed E-state index contributed by atoms with van der Waals surface area (Å²) in [5, 5.41) is 12.3. The van der Waals surface area contributed by atoms with Crippen LogP contribution in [0.15, 0.2) is 6.20 Å². The number of aromatic nitrogens is 2. The lowest BCUT2D eigenvalue weighted by Crippen LogP contribution is -1.86. The fraction of sp³-hybridized carbons (Fsp3) is 0.143. The zero-order chi connectivity index (χ0) is 7.56. The second-order valence-corrected chi connectivity index (χ2v) is 1.82. The number of rotatable bonds is 0.